The molecule has 0 saturated carbocycles. The number of anilines is 2. The molecule has 0 aliphatic rings. The molecule has 6 heteroatoms. The van der Waals surface area contributed by atoms with Gasteiger partial charge in [0.05, 0.1) is 16.1 Å². The number of benzene rings is 3. The van der Waals surface area contributed by atoms with E-state index in [1.165, 1.54) is 12.1 Å². The van der Waals surface area contributed by atoms with Gasteiger partial charge >= 0.3 is 0 Å². The zero-order valence-electron chi connectivity index (χ0n) is 15.1. The second-order valence-corrected chi connectivity index (χ2v) is 7.92. The first-order valence-corrected chi connectivity index (χ1v) is 9.90. The SMILES string of the molecule is Cc1ccc(C)c(NC(=O)c2ccccc2NS(=O)(=O)c2ccccc2)c1. The molecule has 0 aliphatic heterocycles. The highest BCUT2D eigenvalue weighted by Gasteiger charge is 2.18. The Labute approximate surface area is 159 Å². The first kappa shape index (κ1) is 18.7. The third kappa shape index (κ3) is 4.35. The van der Waals surface area contributed by atoms with Gasteiger partial charge in [0.1, 0.15) is 0 Å². The van der Waals surface area contributed by atoms with Gasteiger partial charge in [0, 0.05) is 5.69 Å². The van der Waals surface area contributed by atoms with Crippen molar-refractivity contribution in [2.45, 2.75) is 18.7 Å². The number of nitrogens with one attached hydrogen (secondary N) is 2. The predicted octanol–water partition coefficient (Wildman–Crippen LogP) is 4.36. The van der Waals surface area contributed by atoms with Gasteiger partial charge < -0.3 is 5.32 Å². The number of hydrogen-bond donors (Lipinski definition) is 2. The maximum Gasteiger partial charge on any atom is 0.261 e. The van der Waals surface area contributed by atoms with E-state index in [2.05, 4.69) is 10.0 Å². The molecule has 0 spiro atoms. The topological polar surface area (TPSA) is 75.3 Å². The van der Waals surface area contributed by atoms with Crippen molar-refractivity contribution < 1.29 is 13.2 Å². The molecule has 0 aromatic heterocycles. The number of amides is 1. The summed E-state index contributed by atoms with van der Waals surface area (Å²) in [7, 11) is -3.79. The Bertz CT molecular complexity index is 1080. The number of rotatable bonds is 5. The number of hydrogen-bond acceptors (Lipinski definition) is 3. The molecule has 3 aromatic rings. The zero-order chi connectivity index (χ0) is 19.4. The normalized spacial score (nSPS) is 11.0. The molecular weight excluding hydrogens is 360 g/mol. The third-order valence-corrected chi connectivity index (χ3v) is 5.49. The van der Waals surface area contributed by atoms with E-state index >= 15 is 0 Å². The van der Waals surface area contributed by atoms with Crippen molar-refractivity contribution in [2.24, 2.45) is 0 Å². The largest absolute Gasteiger partial charge is 0.322 e. The van der Waals surface area contributed by atoms with E-state index in [1.54, 1.807) is 42.5 Å². The first-order chi connectivity index (χ1) is 12.9. The van der Waals surface area contributed by atoms with Crippen molar-refractivity contribution >= 4 is 27.3 Å². The van der Waals surface area contributed by atoms with E-state index in [9.17, 15) is 13.2 Å². The molecule has 0 saturated heterocycles. The minimum atomic E-state index is -3.79. The fourth-order valence-corrected chi connectivity index (χ4v) is 3.73. The van der Waals surface area contributed by atoms with Gasteiger partial charge in [-0.3, -0.25) is 9.52 Å². The van der Waals surface area contributed by atoms with Crippen LogP contribution in [0.1, 0.15) is 21.5 Å². The van der Waals surface area contributed by atoms with E-state index < -0.39 is 10.0 Å². The summed E-state index contributed by atoms with van der Waals surface area (Å²) in [6.07, 6.45) is 0. The standard InChI is InChI=1S/C21H20N2O3S/c1-15-12-13-16(2)20(14-15)22-21(24)18-10-6-7-11-19(18)23-27(25,26)17-8-4-3-5-9-17/h3-14,23H,1-2H3,(H,22,24). The van der Waals surface area contributed by atoms with Gasteiger partial charge in [0.15, 0.2) is 0 Å². The zero-order valence-corrected chi connectivity index (χ0v) is 15.9. The lowest BCUT2D eigenvalue weighted by Crippen LogP contribution is -2.19. The molecule has 3 rings (SSSR count). The van der Waals surface area contributed by atoms with Crippen molar-refractivity contribution in [1.82, 2.24) is 0 Å². The molecule has 0 bridgehead atoms. The molecule has 0 fully saturated rings. The van der Waals surface area contributed by atoms with Crippen LogP contribution in [0.2, 0.25) is 0 Å². The Hall–Kier alpha value is -3.12. The molecule has 0 radical (unpaired) electrons. The molecule has 27 heavy (non-hydrogen) atoms. The van der Waals surface area contributed by atoms with Crippen LogP contribution in [0.25, 0.3) is 0 Å². The van der Waals surface area contributed by atoms with Gasteiger partial charge in [0.2, 0.25) is 0 Å². The van der Waals surface area contributed by atoms with Gasteiger partial charge in [-0.05, 0) is 55.3 Å². The van der Waals surface area contributed by atoms with Crippen molar-refractivity contribution in [3.05, 3.63) is 89.5 Å². The minimum Gasteiger partial charge on any atom is -0.322 e. The second kappa shape index (κ2) is 7.63. The highest BCUT2D eigenvalue weighted by Crippen LogP contribution is 2.23. The average Bonchev–Trinajstić information content (AvgIpc) is 2.65. The molecule has 0 atom stereocenters. The molecule has 138 valence electrons. The van der Waals surface area contributed by atoms with E-state index in [4.69, 9.17) is 0 Å². The minimum absolute atomic E-state index is 0.134. The van der Waals surface area contributed by atoms with Crippen molar-refractivity contribution in [3.8, 4) is 0 Å². The van der Waals surface area contributed by atoms with Crippen LogP contribution in [0.3, 0.4) is 0 Å². The van der Waals surface area contributed by atoms with Gasteiger partial charge in [-0.2, -0.15) is 0 Å². The molecule has 0 unspecified atom stereocenters. The Balaban J connectivity index is 1.90. The van der Waals surface area contributed by atoms with Gasteiger partial charge in [-0.15, -0.1) is 0 Å². The van der Waals surface area contributed by atoms with E-state index in [0.717, 1.165) is 11.1 Å². The number of carbonyl (C=O) groups excluding carboxylic acids is 1. The van der Waals surface area contributed by atoms with Crippen LogP contribution in [0.5, 0.6) is 0 Å². The number of carbonyl (C=O) groups is 1. The summed E-state index contributed by atoms with van der Waals surface area (Å²) in [5, 5.41) is 2.86. The van der Waals surface area contributed by atoms with Crippen molar-refractivity contribution in [2.75, 3.05) is 10.0 Å². The van der Waals surface area contributed by atoms with E-state index in [1.807, 2.05) is 32.0 Å². The Morgan fingerprint density at radius 2 is 1.48 bits per heavy atom. The average molecular weight is 380 g/mol. The fraction of sp³-hybridized carbons (Fsp3) is 0.0952. The molecule has 0 aliphatic carbocycles. The molecule has 1 amide bonds. The van der Waals surface area contributed by atoms with E-state index in [-0.39, 0.29) is 22.1 Å². The number of sulfonamides is 1. The molecular formula is C21H20N2O3S. The lowest BCUT2D eigenvalue weighted by atomic mass is 10.1. The predicted molar refractivity (Wildman–Crippen MR) is 108 cm³/mol. The Kier molecular flexibility index (Phi) is 5.28. The maximum atomic E-state index is 12.8. The van der Waals surface area contributed by atoms with Crippen LogP contribution in [-0.2, 0) is 10.0 Å². The summed E-state index contributed by atoms with van der Waals surface area (Å²) >= 11 is 0. The van der Waals surface area contributed by atoms with Crippen molar-refractivity contribution in [3.63, 3.8) is 0 Å². The van der Waals surface area contributed by atoms with Gasteiger partial charge in [0.25, 0.3) is 15.9 Å². The molecule has 0 heterocycles. The number of para-hydroxylation sites is 1. The summed E-state index contributed by atoms with van der Waals surface area (Å²) in [6, 6.07) is 20.3. The van der Waals surface area contributed by atoms with Gasteiger partial charge in [-0.25, -0.2) is 8.42 Å². The molecule has 5 nitrogen and oxygen atoms in total. The summed E-state index contributed by atoms with van der Waals surface area (Å²) in [5.41, 5.74) is 3.12. The van der Waals surface area contributed by atoms with Crippen LogP contribution >= 0.6 is 0 Å². The smallest absolute Gasteiger partial charge is 0.261 e. The summed E-state index contributed by atoms with van der Waals surface area (Å²) in [6.45, 7) is 3.84. The van der Waals surface area contributed by atoms with Crippen LogP contribution in [0.15, 0.2) is 77.7 Å². The summed E-state index contributed by atoms with van der Waals surface area (Å²) < 4.78 is 27.7. The monoisotopic (exact) mass is 380 g/mol. The Morgan fingerprint density at radius 1 is 0.815 bits per heavy atom. The molecule has 2 N–H and O–H groups in total. The second-order valence-electron chi connectivity index (χ2n) is 6.24. The first-order valence-electron chi connectivity index (χ1n) is 8.42. The third-order valence-electron chi connectivity index (χ3n) is 4.11. The lowest BCUT2D eigenvalue weighted by Gasteiger charge is -2.14. The van der Waals surface area contributed by atoms with Crippen LogP contribution in [0.4, 0.5) is 11.4 Å². The van der Waals surface area contributed by atoms with E-state index in [0.29, 0.717) is 5.69 Å². The van der Waals surface area contributed by atoms with Crippen LogP contribution in [0, 0.1) is 13.8 Å². The number of aryl methyl sites for hydroxylation is 2. The van der Waals surface area contributed by atoms with Crippen LogP contribution < -0.4 is 10.0 Å². The fourth-order valence-electron chi connectivity index (χ4n) is 2.63. The quantitative estimate of drug-likeness (QED) is 0.691. The van der Waals surface area contributed by atoms with Crippen molar-refractivity contribution in [1.29, 1.82) is 0 Å². The van der Waals surface area contributed by atoms with Gasteiger partial charge in [-0.1, -0.05) is 42.5 Å². The highest BCUT2D eigenvalue weighted by atomic mass is 32.2. The summed E-state index contributed by atoms with van der Waals surface area (Å²) in [4.78, 5) is 12.9. The molecule has 3 aromatic carbocycles. The maximum absolute atomic E-state index is 12.8. The lowest BCUT2D eigenvalue weighted by molar-refractivity contribution is 0.102. The summed E-state index contributed by atoms with van der Waals surface area (Å²) in [5.74, 6) is -0.380. The van der Waals surface area contributed by atoms with Crippen LogP contribution in [-0.4, -0.2) is 14.3 Å². The highest BCUT2D eigenvalue weighted by molar-refractivity contribution is 7.92. The Morgan fingerprint density at radius 3 is 2.22 bits per heavy atom.